The van der Waals surface area contributed by atoms with E-state index in [0.29, 0.717) is 12.0 Å². The Morgan fingerprint density at radius 1 is 1.46 bits per heavy atom. The van der Waals surface area contributed by atoms with E-state index < -0.39 is 0 Å². The number of hydrogen-bond acceptors (Lipinski definition) is 2. The van der Waals surface area contributed by atoms with E-state index in [1.807, 2.05) is 11.7 Å². The molecule has 1 heterocycles. The highest BCUT2D eigenvalue weighted by atomic mass is 15.3. The molecule has 0 spiro atoms. The van der Waals surface area contributed by atoms with Gasteiger partial charge in [-0.1, -0.05) is 20.8 Å². The van der Waals surface area contributed by atoms with Crippen LogP contribution >= 0.6 is 0 Å². The van der Waals surface area contributed by atoms with Crippen LogP contribution in [0.3, 0.4) is 0 Å². The zero-order chi connectivity index (χ0) is 10.1. The van der Waals surface area contributed by atoms with E-state index in [0.717, 1.165) is 17.8 Å². The van der Waals surface area contributed by atoms with E-state index in [1.54, 1.807) is 0 Å². The standard InChI is InChI=1S/C10H19N3/c1-10(2,3)6-8-5-9(7-11)13(4)12-8/h5H,6-7,11H2,1-4H3. The summed E-state index contributed by atoms with van der Waals surface area (Å²) < 4.78 is 1.86. The minimum absolute atomic E-state index is 0.292. The summed E-state index contributed by atoms with van der Waals surface area (Å²) in [6.07, 6.45) is 1.00. The molecule has 0 aliphatic rings. The summed E-state index contributed by atoms with van der Waals surface area (Å²) in [6, 6.07) is 2.09. The lowest BCUT2D eigenvalue weighted by molar-refractivity contribution is 0.404. The van der Waals surface area contributed by atoms with Crippen molar-refractivity contribution in [2.75, 3.05) is 0 Å². The van der Waals surface area contributed by atoms with Crippen molar-refractivity contribution in [3.05, 3.63) is 17.5 Å². The average molecular weight is 181 g/mol. The van der Waals surface area contributed by atoms with E-state index in [2.05, 4.69) is 31.9 Å². The SMILES string of the molecule is Cn1nc(CC(C)(C)C)cc1CN. The molecule has 0 saturated heterocycles. The maximum Gasteiger partial charge on any atom is 0.0633 e. The second kappa shape index (κ2) is 3.50. The largest absolute Gasteiger partial charge is 0.325 e. The Bertz CT molecular complexity index is 281. The van der Waals surface area contributed by atoms with Crippen molar-refractivity contribution in [1.29, 1.82) is 0 Å². The molecule has 0 unspecified atom stereocenters. The van der Waals surface area contributed by atoms with Gasteiger partial charge in [0.05, 0.1) is 11.4 Å². The molecule has 0 aliphatic heterocycles. The molecule has 2 N–H and O–H groups in total. The van der Waals surface area contributed by atoms with Crippen molar-refractivity contribution in [2.24, 2.45) is 18.2 Å². The summed E-state index contributed by atoms with van der Waals surface area (Å²) in [6.45, 7) is 7.20. The lowest BCUT2D eigenvalue weighted by Gasteiger charge is -2.15. The van der Waals surface area contributed by atoms with Crippen molar-refractivity contribution < 1.29 is 0 Å². The quantitative estimate of drug-likeness (QED) is 0.750. The lowest BCUT2D eigenvalue weighted by atomic mass is 9.90. The molecule has 0 aliphatic carbocycles. The third-order valence-electron chi connectivity index (χ3n) is 1.95. The zero-order valence-electron chi connectivity index (χ0n) is 8.96. The summed E-state index contributed by atoms with van der Waals surface area (Å²) in [5.74, 6) is 0. The zero-order valence-corrected chi connectivity index (χ0v) is 8.96. The van der Waals surface area contributed by atoms with Crippen LogP contribution in [0.5, 0.6) is 0 Å². The summed E-state index contributed by atoms with van der Waals surface area (Å²) in [5.41, 5.74) is 8.09. The average Bonchev–Trinajstić information content (AvgIpc) is 2.26. The van der Waals surface area contributed by atoms with Gasteiger partial charge in [0.15, 0.2) is 0 Å². The van der Waals surface area contributed by atoms with Crippen molar-refractivity contribution in [1.82, 2.24) is 9.78 Å². The van der Waals surface area contributed by atoms with Gasteiger partial charge in [-0.25, -0.2) is 0 Å². The fourth-order valence-electron chi connectivity index (χ4n) is 1.39. The van der Waals surface area contributed by atoms with Gasteiger partial charge in [-0.15, -0.1) is 0 Å². The number of hydrogen-bond donors (Lipinski definition) is 1. The van der Waals surface area contributed by atoms with Crippen LogP contribution in [0.1, 0.15) is 32.2 Å². The molecule has 1 aromatic rings. The molecule has 0 fully saturated rings. The first-order valence-corrected chi connectivity index (χ1v) is 4.64. The van der Waals surface area contributed by atoms with Crippen molar-refractivity contribution in [2.45, 2.75) is 33.7 Å². The second-order valence-corrected chi connectivity index (χ2v) is 4.69. The van der Waals surface area contributed by atoms with E-state index in [9.17, 15) is 0 Å². The Labute approximate surface area is 79.9 Å². The van der Waals surface area contributed by atoms with Crippen molar-refractivity contribution in [3.63, 3.8) is 0 Å². The van der Waals surface area contributed by atoms with E-state index >= 15 is 0 Å². The van der Waals surface area contributed by atoms with E-state index in [1.165, 1.54) is 0 Å². The van der Waals surface area contributed by atoms with E-state index in [4.69, 9.17) is 5.73 Å². The van der Waals surface area contributed by atoms with Crippen LogP contribution in [-0.2, 0) is 20.0 Å². The molecule has 0 atom stereocenters. The molecule has 74 valence electrons. The van der Waals surface area contributed by atoms with Crippen molar-refractivity contribution >= 4 is 0 Å². The maximum atomic E-state index is 5.57. The highest BCUT2D eigenvalue weighted by Crippen LogP contribution is 2.19. The van der Waals surface area contributed by atoms with Gasteiger partial charge < -0.3 is 5.73 Å². The fourth-order valence-corrected chi connectivity index (χ4v) is 1.39. The van der Waals surface area contributed by atoms with Gasteiger partial charge in [0.1, 0.15) is 0 Å². The van der Waals surface area contributed by atoms with Crippen LogP contribution in [0.25, 0.3) is 0 Å². The van der Waals surface area contributed by atoms with Gasteiger partial charge in [0, 0.05) is 13.6 Å². The monoisotopic (exact) mass is 181 g/mol. The lowest BCUT2D eigenvalue weighted by Crippen LogP contribution is -2.09. The smallest absolute Gasteiger partial charge is 0.0633 e. The molecule has 13 heavy (non-hydrogen) atoms. The van der Waals surface area contributed by atoms with Crippen molar-refractivity contribution in [3.8, 4) is 0 Å². The molecular weight excluding hydrogens is 162 g/mol. The highest BCUT2D eigenvalue weighted by molar-refractivity contribution is 5.11. The Hall–Kier alpha value is -0.830. The van der Waals surface area contributed by atoms with Crippen LogP contribution in [0.4, 0.5) is 0 Å². The first kappa shape index (κ1) is 10.3. The number of aromatic nitrogens is 2. The third kappa shape index (κ3) is 2.84. The molecule has 0 bridgehead atoms. The van der Waals surface area contributed by atoms with Gasteiger partial charge in [0.25, 0.3) is 0 Å². The van der Waals surface area contributed by atoms with Crippen LogP contribution < -0.4 is 5.73 Å². The normalized spacial score (nSPS) is 12.1. The first-order chi connectivity index (χ1) is 5.92. The number of aryl methyl sites for hydroxylation is 1. The topological polar surface area (TPSA) is 43.8 Å². The molecule has 3 heteroatoms. The Morgan fingerprint density at radius 3 is 2.46 bits per heavy atom. The van der Waals surface area contributed by atoms with Crippen LogP contribution in [-0.4, -0.2) is 9.78 Å². The minimum atomic E-state index is 0.292. The van der Waals surface area contributed by atoms with Gasteiger partial charge in [0.2, 0.25) is 0 Å². The summed E-state index contributed by atoms with van der Waals surface area (Å²) >= 11 is 0. The molecule has 0 saturated carbocycles. The Morgan fingerprint density at radius 2 is 2.08 bits per heavy atom. The second-order valence-electron chi connectivity index (χ2n) is 4.69. The molecule has 1 aromatic heterocycles. The van der Waals surface area contributed by atoms with Gasteiger partial charge in [-0.05, 0) is 17.9 Å². The predicted molar refractivity (Wildman–Crippen MR) is 54.3 cm³/mol. The minimum Gasteiger partial charge on any atom is -0.325 e. The Balaban J connectivity index is 2.80. The van der Waals surface area contributed by atoms with Gasteiger partial charge in [-0.2, -0.15) is 5.10 Å². The Kier molecular flexibility index (Phi) is 2.76. The fraction of sp³-hybridized carbons (Fsp3) is 0.700. The molecule has 0 radical (unpaired) electrons. The first-order valence-electron chi connectivity index (χ1n) is 4.64. The number of nitrogens with zero attached hydrogens (tertiary/aromatic N) is 2. The maximum absolute atomic E-state index is 5.57. The molecular formula is C10H19N3. The van der Waals surface area contributed by atoms with Crippen LogP contribution in [0, 0.1) is 5.41 Å². The van der Waals surface area contributed by atoms with Crippen LogP contribution in [0.2, 0.25) is 0 Å². The van der Waals surface area contributed by atoms with E-state index in [-0.39, 0.29) is 0 Å². The summed E-state index contributed by atoms with van der Waals surface area (Å²) in [7, 11) is 1.94. The summed E-state index contributed by atoms with van der Waals surface area (Å²) in [5, 5.41) is 4.40. The molecule has 1 rings (SSSR count). The number of nitrogens with two attached hydrogens (primary N) is 1. The molecule has 0 aromatic carbocycles. The number of rotatable bonds is 2. The van der Waals surface area contributed by atoms with Gasteiger partial charge >= 0.3 is 0 Å². The molecule has 3 nitrogen and oxygen atoms in total. The predicted octanol–water partition coefficient (Wildman–Crippen LogP) is 1.47. The summed E-state index contributed by atoms with van der Waals surface area (Å²) in [4.78, 5) is 0. The van der Waals surface area contributed by atoms with Crippen LogP contribution in [0.15, 0.2) is 6.07 Å². The van der Waals surface area contributed by atoms with Gasteiger partial charge in [-0.3, -0.25) is 4.68 Å². The molecule has 0 amide bonds. The third-order valence-corrected chi connectivity index (χ3v) is 1.95. The highest BCUT2D eigenvalue weighted by Gasteiger charge is 2.14.